The van der Waals surface area contributed by atoms with Crippen LogP contribution in [0.5, 0.6) is 0 Å². The fourth-order valence-corrected chi connectivity index (χ4v) is 4.50. The van der Waals surface area contributed by atoms with Crippen molar-refractivity contribution in [3.8, 4) is 0 Å². The van der Waals surface area contributed by atoms with E-state index in [0.717, 1.165) is 81.7 Å². The van der Waals surface area contributed by atoms with Gasteiger partial charge in [0.05, 0.1) is 0 Å². The molecule has 0 aromatic carbocycles. The van der Waals surface area contributed by atoms with Gasteiger partial charge < -0.3 is 18.9 Å². The number of hydrogen-bond acceptors (Lipinski definition) is 5. The van der Waals surface area contributed by atoms with E-state index in [1.807, 2.05) is 11.1 Å². The molecule has 2 aliphatic rings. The highest BCUT2D eigenvalue weighted by Crippen LogP contribution is 2.29. The van der Waals surface area contributed by atoms with Gasteiger partial charge in [-0.25, -0.2) is 4.98 Å². The first-order valence-corrected chi connectivity index (χ1v) is 10.6. The second kappa shape index (κ2) is 8.47. The second-order valence-electron chi connectivity index (χ2n) is 8.37. The van der Waals surface area contributed by atoms with E-state index in [0.29, 0.717) is 12.2 Å². The molecule has 1 unspecified atom stereocenters. The number of carbonyl (C=O) groups is 1. The Morgan fingerprint density at radius 1 is 1.29 bits per heavy atom. The fourth-order valence-electron chi connectivity index (χ4n) is 4.50. The Morgan fingerprint density at radius 2 is 2.14 bits per heavy atom. The minimum Gasteiger partial charge on any atom is -0.360 e. The van der Waals surface area contributed by atoms with Crippen LogP contribution >= 0.6 is 0 Å². The van der Waals surface area contributed by atoms with Crippen LogP contribution < -0.4 is 0 Å². The van der Waals surface area contributed by atoms with Crippen LogP contribution in [0.2, 0.25) is 0 Å². The zero-order valence-corrected chi connectivity index (χ0v) is 17.1. The molecule has 28 heavy (non-hydrogen) atoms. The van der Waals surface area contributed by atoms with Gasteiger partial charge >= 0.3 is 0 Å². The molecule has 3 heterocycles. The van der Waals surface area contributed by atoms with Crippen molar-refractivity contribution in [1.82, 2.24) is 24.5 Å². The third-order valence-electron chi connectivity index (χ3n) is 5.98. The molecule has 1 amide bonds. The van der Waals surface area contributed by atoms with Crippen molar-refractivity contribution in [2.24, 2.45) is 0 Å². The van der Waals surface area contributed by atoms with Crippen molar-refractivity contribution in [1.29, 1.82) is 0 Å². The summed E-state index contributed by atoms with van der Waals surface area (Å²) in [5.74, 6) is 2.34. The Labute approximate surface area is 166 Å². The number of aryl methyl sites for hydroxylation is 2. The summed E-state index contributed by atoms with van der Waals surface area (Å²) in [6.45, 7) is 3.53. The summed E-state index contributed by atoms with van der Waals surface area (Å²) >= 11 is 0. The zero-order valence-electron chi connectivity index (χ0n) is 17.1. The molecule has 7 heteroatoms. The molecule has 2 aromatic rings. The van der Waals surface area contributed by atoms with Crippen molar-refractivity contribution in [3.05, 3.63) is 35.2 Å². The largest absolute Gasteiger partial charge is 0.360 e. The molecule has 1 saturated heterocycles. The van der Waals surface area contributed by atoms with Gasteiger partial charge in [-0.1, -0.05) is 5.16 Å². The summed E-state index contributed by atoms with van der Waals surface area (Å²) < 4.78 is 7.73. The Kier molecular flexibility index (Phi) is 5.80. The molecular formula is C21H31N5O2. The van der Waals surface area contributed by atoms with Crippen molar-refractivity contribution in [3.63, 3.8) is 0 Å². The van der Waals surface area contributed by atoms with Gasteiger partial charge in [0.15, 0.2) is 5.69 Å². The number of carbonyl (C=O) groups excluding carboxylic acids is 1. The average Bonchev–Trinajstić information content (AvgIpc) is 3.34. The number of piperidine rings is 1. The number of hydrogen-bond donors (Lipinski definition) is 0. The van der Waals surface area contributed by atoms with Gasteiger partial charge in [-0.15, -0.1) is 0 Å². The molecule has 1 aliphatic heterocycles. The van der Waals surface area contributed by atoms with E-state index in [1.54, 1.807) is 0 Å². The first-order valence-electron chi connectivity index (χ1n) is 10.6. The predicted octanol–water partition coefficient (Wildman–Crippen LogP) is 2.72. The second-order valence-corrected chi connectivity index (χ2v) is 8.37. The summed E-state index contributed by atoms with van der Waals surface area (Å²) in [5, 5.41) is 4.14. The number of imidazole rings is 1. The van der Waals surface area contributed by atoms with Gasteiger partial charge in [0.1, 0.15) is 11.6 Å². The Morgan fingerprint density at radius 3 is 3.00 bits per heavy atom. The van der Waals surface area contributed by atoms with Gasteiger partial charge in [-0.2, -0.15) is 0 Å². The van der Waals surface area contributed by atoms with Gasteiger partial charge in [-0.3, -0.25) is 4.79 Å². The maximum atomic E-state index is 13.2. The topological polar surface area (TPSA) is 67.4 Å². The molecule has 1 atom stereocenters. The monoisotopic (exact) mass is 385 g/mol. The first-order chi connectivity index (χ1) is 13.6. The van der Waals surface area contributed by atoms with E-state index < -0.39 is 0 Å². The molecule has 0 saturated carbocycles. The Bertz CT molecular complexity index is 810. The first kappa shape index (κ1) is 19.2. The molecule has 7 nitrogen and oxygen atoms in total. The Balaban J connectivity index is 1.44. The van der Waals surface area contributed by atoms with Gasteiger partial charge in [-0.05, 0) is 59.2 Å². The molecule has 0 radical (unpaired) electrons. The van der Waals surface area contributed by atoms with Crippen LogP contribution in [-0.2, 0) is 19.4 Å². The SMILES string of the molecule is CN(C)CCCn1ccnc1C1CCCN(C(=O)c2noc3c2CCCC3)C1. The van der Waals surface area contributed by atoms with Crippen LogP contribution in [0, 0.1) is 0 Å². The normalized spacial score (nSPS) is 19.8. The van der Waals surface area contributed by atoms with Crippen LogP contribution in [0.1, 0.15) is 65.7 Å². The summed E-state index contributed by atoms with van der Waals surface area (Å²) in [7, 11) is 4.20. The van der Waals surface area contributed by atoms with Crippen LogP contribution in [0.25, 0.3) is 0 Å². The predicted molar refractivity (Wildman–Crippen MR) is 106 cm³/mol. The Hall–Kier alpha value is -2.15. The molecule has 152 valence electrons. The third kappa shape index (κ3) is 3.99. The number of rotatable bonds is 6. The van der Waals surface area contributed by atoms with Crippen LogP contribution in [0.15, 0.2) is 16.9 Å². The molecule has 0 N–H and O–H groups in total. The van der Waals surface area contributed by atoms with Crippen molar-refractivity contribution < 1.29 is 9.32 Å². The molecule has 4 rings (SSSR count). The number of amides is 1. The lowest BCUT2D eigenvalue weighted by atomic mass is 9.94. The number of aromatic nitrogens is 3. The average molecular weight is 386 g/mol. The molecular weight excluding hydrogens is 354 g/mol. The van der Waals surface area contributed by atoms with E-state index in [-0.39, 0.29) is 11.8 Å². The third-order valence-corrected chi connectivity index (χ3v) is 5.98. The van der Waals surface area contributed by atoms with E-state index in [4.69, 9.17) is 4.52 Å². The number of nitrogens with zero attached hydrogens (tertiary/aromatic N) is 5. The van der Waals surface area contributed by atoms with E-state index in [9.17, 15) is 4.79 Å². The van der Waals surface area contributed by atoms with Crippen molar-refractivity contribution in [2.45, 2.75) is 57.4 Å². The molecule has 2 aromatic heterocycles. The minimum absolute atomic E-state index is 0.0299. The van der Waals surface area contributed by atoms with Crippen LogP contribution in [-0.4, -0.2) is 64.1 Å². The smallest absolute Gasteiger partial charge is 0.276 e. The fraction of sp³-hybridized carbons (Fsp3) is 0.667. The number of fused-ring (bicyclic) bond motifs is 1. The highest BCUT2D eigenvalue weighted by atomic mass is 16.5. The lowest BCUT2D eigenvalue weighted by Crippen LogP contribution is -2.40. The quantitative estimate of drug-likeness (QED) is 0.765. The molecule has 1 aliphatic carbocycles. The lowest BCUT2D eigenvalue weighted by Gasteiger charge is -2.32. The standard InChI is InChI=1S/C21H31N5O2/c1-24(2)11-6-13-25-14-10-22-20(25)16-7-5-12-26(15-16)21(27)19-17-8-3-4-9-18(17)28-23-19/h10,14,16H,3-9,11-13,15H2,1-2H3. The van der Waals surface area contributed by atoms with Gasteiger partial charge in [0.2, 0.25) is 0 Å². The van der Waals surface area contributed by atoms with Crippen LogP contribution in [0.3, 0.4) is 0 Å². The van der Waals surface area contributed by atoms with Crippen molar-refractivity contribution >= 4 is 5.91 Å². The van der Waals surface area contributed by atoms with Crippen molar-refractivity contribution in [2.75, 3.05) is 33.7 Å². The summed E-state index contributed by atoms with van der Waals surface area (Å²) in [6.07, 6.45) is 11.2. The van der Waals surface area contributed by atoms with E-state index in [2.05, 4.69) is 39.9 Å². The van der Waals surface area contributed by atoms with E-state index >= 15 is 0 Å². The van der Waals surface area contributed by atoms with Gasteiger partial charge in [0, 0.05) is 49.9 Å². The molecule has 0 spiro atoms. The minimum atomic E-state index is 0.0299. The van der Waals surface area contributed by atoms with Gasteiger partial charge in [0.25, 0.3) is 5.91 Å². The molecule has 0 bridgehead atoms. The highest BCUT2D eigenvalue weighted by molar-refractivity contribution is 5.94. The summed E-state index contributed by atoms with van der Waals surface area (Å²) in [5.41, 5.74) is 1.59. The summed E-state index contributed by atoms with van der Waals surface area (Å²) in [6, 6.07) is 0. The number of likely N-dealkylation sites (tertiary alicyclic amines) is 1. The highest BCUT2D eigenvalue weighted by Gasteiger charge is 2.32. The van der Waals surface area contributed by atoms with E-state index in [1.165, 1.54) is 0 Å². The lowest BCUT2D eigenvalue weighted by molar-refractivity contribution is 0.0691. The zero-order chi connectivity index (χ0) is 19.5. The summed E-state index contributed by atoms with van der Waals surface area (Å²) in [4.78, 5) is 22.0. The maximum absolute atomic E-state index is 13.2. The van der Waals surface area contributed by atoms with Crippen LogP contribution in [0.4, 0.5) is 0 Å². The maximum Gasteiger partial charge on any atom is 0.276 e. The molecule has 1 fully saturated rings.